The van der Waals surface area contributed by atoms with Crippen LogP contribution >= 0.6 is 0 Å². The SMILES string of the molecule is CN(C)c1ccc([C@H]2c3cccn3-c3ccccc3CN2C(=O)NCc2ccco2)cc1. The Morgan fingerprint density at radius 2 is 1.84 bits per heavy atom. The zero-order valence-electron chi connectivity index (χ0n) is 18.2. The maximum atomic E-state index is 13.5. The van der Waals surface area contributed by atoms with Crippen molar-refractivity contribution in [2.45, 2.75) is 19.1 Å². The Morgan fingerprint density at radius 3 is 2.59 bits per heavy atom. The second kappa shape index (κ2) is 8.30. The summed E-state index contributed by atoms with van der Waals surface area (Å²) >= 11 is 0. The standard InChI is InChI=1S/C26H26N4O2/c1-28(2)21-13-11-19(12-14-21)25-24-10-5-15-29(24)23-9-4-3-7-20(23)18-30(25)26(31)27-17-22-8-6-16-32-22/h3-16,25H,17-18H2,1-2H3,(H,27,31)/t25-/m0/s1. The number of para-hydroxylation sites is 1. The zero-order valence-corrected chi connectivity index (χ0v) is 18.2. The molecule has 6 nitrogen and oxygen atoms in total. The third-order valence-corrected chi connectivity index (χ3v) is 5.94. The molecule has 0 fully saturated rings. The fraction of sp³-hybridized carbons (Fsp3) is 0.192. The Kier molecular flexibility index (Phi) is 5.19. The molecular weight excluding hydrogens is 400 g/mol. The van der Waals surface area contributed by atoms with Gasteiger partial charge < -0.3 is 24.1 Å². The first-order valence-electron chi connectivity index (χ1n) is 10.7. The third-order valence-electron chi connectivity index (χ3n) is 5.94. The maximum absolute atomic E-state index is 13.5. The van der Waals surface area contributed by atoms with Gasteiger partial charge in [0, 0.05) is 31.7 Å². The summed E-state index contributed by atoms with van der Waals surface area (Å²) in [6.45, 7) is 0.846. The van der Waals surface area contributed by atoms with Crippen LogP contribution in [0.1, 0.15) is 28.6 Å². The normalized spacial score (nSPS) is 14.9. The number of amides is 2. The van der Waals surface area contributed by atoms with Crippen LogP contribution in [-0.4, -0.2) is 29.6 Å². The van der Waals surface area contributed by atoms with E-state index in [0.717, 1.165) is 34.0 Å². The topological polar surface area (TPSA) is 53.6 Å². The quantitative estimate of drug-likeness (QED) is 0.502. The molecular formula is C26H26N4O2. The van der Waals surface area contributed by atoms with Crippen LogP contribution in [0, 0.1) is 0 Å². The van der Waals surface area contributed by atoms with Crippen LogP contribution in [0.2, 0.25) is 0 Å². The minimum absolute atomic E-state index is 0.132. The number of furan rings is 1. The molecule has 0 saturated carbocycles. The predicted molar refractivity (Wildman–Crippen MR) is 125 cm³/mol. The second-order valence-corrected chi connectivity index (χ2v) is 8.19. The molecule has 1 aliphatic heterocycles. The largest absolute Gasteiger partial charge is 0.467 e. The second-order valence-electron chi connectivity index (χ2n) is 8.19. The summed E-state index contributed by atoms with van der Waals surface area (Å²) in [5.74, 6) is 0.726. The van der Waals surface area contributed by atoms with Gasteiger partial charge in [-0.2, -0.15) is 0 Å². The number of hydrogen-bond acceptors (Lipinski definition) is 3. The molecule has 2 aromatic heterocycles. The van der Waals surface area contributed by atoms with Gasteiger partial charge in [0.1, 0.15) is 5.76 Å². The highest BCUT2D eigenvalue weighted by molar-refractivity contribution is 5.76. The smallest absolute Gasteiger partial charge is 0.318 e. The fourth-order valence-electron chi connectivity index (χ4n) is 4.32. The highest BCUT2D eigenvalue weighted by atomic mass is 16.3. The van der Waals surface area contributed by atoms with Gasteiger partial charge in [-0.25, -0.2) is 4.79 Å². The molecule has 4 aromatic rings. The van der Waals surface area contributed by atoms with Crippen LogP contribution in [0.3, 0.4) is 0 Å². The Balaban J connectivity index is 1.57. The van der Waals surface area contributed by atoms with E-state index in [-0.39, 0.29) is 12.1 Å². The first kappa shape index (κ1) is 20.0. The summed E-state index contributed by atoms with van der Waals surface area (Å²) < 4.78 is 7.60. The predicted octanol–water partition coefficient (Wildman–Crippen LogP) is 4.95. The van der Waals surface area contributed by atoms with Gasteiger partial charge in [0.25, 0.3) is 0 Å². The molecule has 0 bridgehead atoms. The van der Waals surface area contributed by atoms with E-state index in [2.05, 4.69) is 63.4 Å². The molecule has 1 aliphatic rings. The molecule has 0 unspecified atom stereocenters. The lowest BCUT2D eigenvalue weighted by atomic mass is 10.0. The summed E-state index contributed by atoms with van der Waals surface area (Å²) in [5, 5.41) is 3.04. The van der Waals surface area contributed by atoms with E-state index in [1.165, 1.54) is 0 Å². The molecule has 32 heavy (non-hydrogen) atoms. The lowest BCUT2D eigenvalue weighted by molar-refractivity contribution is 0.179. The van der Waals surface area contributed by atoms with E-state index in [1.807, 2.05) is 49.3 Å². The summed E-state index contributed by atoms with van der Waals surface area (Å²) in [7, 11) is 4.05. The average molecular weight is 427 g/mol. The van der Waals surface area contributed by atoms with Crippen molar-refractivity contribution in [3.05, 3.63) is 108 Å². The average Bonchev–Trinajstić information content (AvgIpc) is 3.48. The van der Waals surface area contributed by atoms with Crippen molar-refractivity contribution in [1.82, 2.24) is 14.8 Å². The molecule has 6 heteroatoms. The molecule has 1 N–H and O–H groups in total. The molecule has 2 amide bonds. The zero-order chi connectivity index (χ0) is 22.1. The van der Waals surface area contributed by atoms with E-state index in [1.54, 1.807) is 6.26 Å². The lowest BCUT2D eigenvalue weighted by Crippen LogP contribution is -2.41. The van der Waals surface area contributed by atoms with Gasteiger partial charge >= 0.3 is 6.03 Å². The summed E-state index contributed by atoms with van der Waals surface area (Å²) in [4.78, 5) is 17.5. The van der Waals surface area contributed by atoms with Crippen molar-refractivity contribution >= 4 is 11.7 Å². The van der Waals surface area contributed by atoms with Crippen LogP contribution in [-0.2, 0) is 13.1 Å². The number of urea groups is 1. The number of carbonyl (C=O) groups is 1. The monoisotopic (exact) mass is 426 g/mol. The van der Waals surface area contributed by atoms with E-state index in [4.69, 9.17) is 4.42 Å². The maximum Gasteiger partial charge on any atom is 0.318 e. The van der Waals surface area contributed by atoms with Crippen LogP contribution in [0.5, 0.6) is 0 Å². The molecule has 0 saturated heterocycles. The molecule has 0 aliphatic carbocycles. The highest BCUT2D eigenvalue weighted by Gasteiger charge is 2.32. The van der Waals surface area contributed by atoms with E-state index in [9.17, 15) is 4.79 Å². The number of benzene rings is 2. The first-order valence-corrected chi connectivity index (χ1v) is 10.7. The molecule has 3 heterocycles. The number of nitrogens with one attached hydrogen (secondary N) is 1. The van der Waals surface area contributed by atoms with Crippen LogP contribution in [0.4, 0.5) is 10.5 Å². The molecule has 0 radical (unpaired) electrons. The molecule has 2 aromatic carbocycles. The molecule has 0 spiro atoms. The number of aromatic nitrogens is 1. The van der Waals surface area contributed by atoms with Gasteiger partial charge in [0.15, 0.2) is 0 Å². The van der Waals surface area contributed by atoms with Gasteiger partial charge in [-0.3, -0.25) is 0 Å². The lowest BCUT2D eigenvalue weighted by Gasteiger charge is -2.31. The van der Waals surface area contributed by atoms with Gasteiger partial charge in [-0.05, 0) is 53.6 Å². The van der Waals surface area contributed by atoms with Gasteiger partial charge in [0.05, 0.1) is 31.1 Å². The fourth-order valence-corrected chi connectivity index (χ4v) is 4.32. The summed E-state index contributed by atoms with van der Waals surface area (Å²) in [6.07, 6.45) is 3.69. The van der Waals surface area contributed by atoms with Crippen molar-refractivity contribution in [1.29, 1.82) is 0 Å². The van der Waals surface area contributed by atoms with Gasteiger partial charge in [-0.15, -0.1) is 0 Å². The molecule has 162 valence electrons. The van der Waals surface area contributed by atoms with E-state index < -0.39 is 0 Å². The van der Waals surface area contributed by atoms with Crippen LogP contribution in [0.15, 0.2) is 89.7 Å². The third kappa shape index (κ3) is 3.64. The highest BCUT2D eigenvalue weighted by Crippen LogP contribution is 2.37. The van der Waals surface area contributed by atoms with E-state index >= 15 is 0 Å². The Hall–Kier alpha value is -3.93. The van der Waals surface area contributed by atoms with Crippen molar-refractivity contribution in [2.24, 2.45) is 0 Å². The minimum Gasteiger partial charge on any atom is -0.467 e. The van der Waals surface area contributed by atoms with Crippen molar-refractivity contribution in [3.63, 3.8) is 0 Å². The van der Waals surface area contributed by atoms with Crippen LogP contribution < -0.4 is 10.2 Å². The number of anilines is 1. The number of nitrogens with zero attached hydrogens (tertiary/aromatic N) is 3. The summed E-state index contributed by atoms with van der Waals surface area (Å²) in [5.41, 5.74) is 5.45. The molecule has 5 rings (SSSR count). The number of rotatable bonds is 4. The molecule has 1 atom stereocenters. The van der Waals surface area contributed by atoms with Gasteiger partial charge in [0.2, 0.25) is 0 Å². The number of fused-ring (bicyclic) bond motifs is 3. The van der Waals surface area contributed by atoms with E-state index in [0.29, 0.717) is 13.1 Å². The number of hydrogen-bond donors (Lipinski definition) is 1. The van der Waals surface area contributed by atoms with Crippen LogP contribution in [0.25, 0.3) is 5.69 Å². The number of carbonyl (C=O) groups excluding carboxylic acids is 1. The van der Waals surface area contributed by atoms with Crippen molar-refractivity contribution in [2.75, 3.05) is 19.0 Å². The Labute approximate surface area is 187 Å². The Morgan fingerprint density at radius 1 is 1.03 bits per heavy atom. The van der Waals surface area contributed by atoms with Gasteiger partial charge in [-0.1, -0.05) is 30.3 Å². The van der Waals surface area contributed by atoms with Crippen molar-refractivity contribution in [3.8, 4) is 5.69 Å². The minimum atomic E-state index is -0.231. The van der Waals surface area contributed by atoms with Crippen molar-refractivity contribution < 1.29 is 9.21 Å². The first-order chi connectivity index (χ1) is 15.6. The Bertz CT molecular complexity index is 1210. The summed E-state index contributed by atoms with van der Waals surface area (Å²) in [6, 6.07) is 24.1.